The summed E-state index contributed by atoms with van der Waals surface area (Å²) in [6.45, 7) is 4.26. The Labute approximate surface area is 197 Å². The number of halogens is 1. The zero-order valence-electron chi connectivity index (χ0n) is 18.5. The highest BCUT2D eigenvalue weighted by atomic mass is 35.5. The lowest BCUT2D eigenvalue weighted by molar-refractivity contribution is -0.138. The summed E-state index contributed by atoms with van der Waals surface area (Å²) in [6.07, 6.45) is 1.53. The molecule has 1 aromatic heterocycles. The Kier molecular flexibility index (Phi) is 6.65. The quantitative estimate of drug-likeness (QED) is 0.463. The molecule has 1 aliphatic rings. The summed E-state index contributed by atoms with van der Waals surface area (Å²) >= 11 is 5.95. The summed E-state index contributed by atoms with van der Waals surface area (Å²) in [4.78, 5) is 42.2. The van der Waals surface area contributed by atoms with Crippen LogP contribution in [0.25, 0.3) is 0 Å². The van der Waals surface area contributed by atoms with Crippen LogP contribution in [0.15, 0.2) is 71.3 Å². The fraction of sp³-hybridized carbons (Fsp3) is 0.269. The zero-order chi connectivity index (χ0) is 23.5. The summed E-state index contributed by atoms with van der Waals surface area (Å²) in [5.74, 6) is -0.123. The van der Waals surface area contributed by atoms with Crippen molar-refractivity contribution in [3.63, 3.8) is 0 Å². The number of rotatable bonds is 7. The van der Waals surface area contributed by atoms with E-state index in [0.29, 0.717) is 22.4 Å². The van der Waals surface area contributed by atoms with Crippen LogP contribution >= 0.6 is 11.6 Å². The normalized spacial score (nSPS) is 16.0. The van der Waals surface area contributed by atoms with Gasteiger partial charge in [0.1, 0.15) is 11.8 Å². The highest BCUT2D eigenvalue weighted by Crippen LogP contribution is 2.29. The molecule has 1 saturated heterocycles. The number of carbonyl (C=O) groups is 3. The van der Waals surface area contributed by atoms with Gasteiger partial charge in [0.25, 0.3) is 5.91 Å². The Balaban J connectivity index is 1.59. The lowest BCUT2D eigenvalue weighted by Gasteiger charge is -2.27. The van der Waals surface area contributed by atoms with Crippen molar-refractivity contribution < 1.29 is 18.8 Å². The minimum atomic E-state index is -0.896. The topological polar surface area (TPSA) is 70.8 Å². The average Bonchev–Trinajstić information content (AvgIpc) is 3.41. The predicted octanol–water partition coefficient (Wildman–Crippen LogP) is 4.96. The lowest BCUT2D eigenvalue weighted by atomic mass is 10.0. The maximum absolute atomic E-state index is 13.4. The molecule has 1 fully saturated rings. The molecule has 0 spiro atoms. The third-order valence-electron chi connectivity index (χ3n) is 5.81. The molecular weight excluding hydrogens is 440 g/mol. The average molecular weight is 465 g/mol. The van der Waals surface area contributed by atoms with E-state index in [2.05, 4.69) is 13.8 Å². The maximum Gasteiger partial charge on any atom is 0.257 e. The summed E-state index contributed by atoms with van der Waals surface area (Å²) in [7, 11) is 0. The molecule has 1 unspecified atom stereocenters. The number of carbonyl (C=O) groups excluding carboxylic acids is 3. The van der Waals surface area contributed by atoms with E-state index in [0.717, 1.165) is 11.1 Å². The van der Waals surface area contributed by atoms with Gasteiger partial charge in [0.05, 0.1) is 31.3 Å². The Morgan fingerprint density at radius 2 is 1.79 bits per heavy atom. The van der Waals surface area contributed by atoms with E-state index in [1.807, 2.05) is 12.1 Å². The molecule has 3 amide bonds. The van der Waals surface area contributed by atoms with E-state index in [9.17, 15) is 14.4 Å². The predicted molar refractivity (Wildman–Crippen MR) is 126 cm³/mol. The van der Waals surface area contributed by atoms with Gasteiger partial charge in [-0.3, -0.25) is 14.4 Å². The zero-order valence-corrected chi connectivity index (χ0v) is 19.3. The van der Waals surface area contributed by atoms with Crippen LogP contribution in [0.1, 0.15) is 43.1 Å². The number of hydrogen-bond acceptors (Lipinski definition) is 4. The van der Waals surface area contributed by atoms with E-state index in [-0.39, 0.29) is 31.2 Å². The van der Waals surface area contributed by atoms with Crippen LogP contribution in [0.3, 0.4) is 0 Å². The van der Waals surface area contributed by atoms with Gasteiger partial charge in [-0.05, 0) is 53.4 Å². The van der Waals surface area contributed by atoms with Crippen molar-refractivity contribution in [3.05, 3.63) is 88.8 Å². The van der Waals surface area contributed by atoms with Gasteiger partial charge in [0.2, 0.25) is 11.8 Å². The van der Waals surface area contributed by atoms with E-state index in [4.69, 9.17) is 16.0 Å². The molecule has 0 radical (unpaired) electrons. The molecule has 0 saturated carbocycles. The van der Waals surface area contributed by atoms with Gasteiger partial charge in [-0.1, -0.05) is 49.7 Å². The molecule has 1 aliphatic heterocycles. The maximum atomic E-state index is 13.4. The number of amides is 3. The van der Waals surface area contributed by atoms with Crippen LogP contribution in [0, 0.1) is 0 Å². The molecule has 0 bridgehead atoms. The Hall–Kier alpha value is -3.38. The monoisotopic (exact) mass is 464 g/mol. The fourth-order valence-corrected chi connectivity index (χ4v) is 4.09. The first kappa shape index (κ1) is 22.8. The molecule has 170 valence electrons. The Morgan fingerprint density at radius 1 is 1.09 bits per heavy atom. The Bertz CT molecular complexity index is 1140. The third-order valence-corrected chi connectivity index (χ3v) is 6.06. The molecular formula is C26H25ClN2O4. The number of imide groups is 1. The van der Waals surface area contributed by atoms with E-state index in [1.165, 1.54) is 16.1 Å². The lowest BCUT2D eigenvalue weighted by Crippen LogP contribution is -2.45. The van der Waals surface area contributed by atoms with E-state index >= 15 is 0 Å². The highest BCUT2D eigenvalue weighted by Gasteiger charge is 2.44. The van der Waals surface area contributed by atoms with Crippen LogP contribution in [0.4, 0.5) is 5.69 Å². The van der Waals surface area contributed by atoms with Crippen LogP contribution in [-0.4, -0.2) is 28.7 Å². The van der Waals surface area contributed by atoms with Crippen LogP contribution < -0.4 is 4.90 Å². The fourth-order valence-electron chi connectivity index (χ4n) is 3.96. The molecule has 4 rings (SSSR count). The molecule has 0 aliphatic carbocycles. The summed E-state index contributed by atoms with van der Waals surface area (Å²) in [5, 5.41) is 0.578. The molecule has 6 nitrogen and oxygen atoms in total. The van der Waals surface area contributed by atoms with Crippen molar-refractivity contribution in [2.75, 3.05) is 4.90 Å². The Morgan fingerprint density at radius 3 is 2.39 bits per heavy atom. The van der Waals surface area contributed by atoms with Gasteiger partial charge in [0, 0.05) is 5.02 Å². The highest BCUT2D eigenvalue weighted by molar-refractivity contribution is 6.30. The smallest absolute Gasteiger partial charge is 0.257 e. The second-order valence-corrected chi connectivity index (χ2v) is 8.87. The van der Waals surface area contributed by atoms with Crippen molar-refractivity contribution >= 4 is 35.0 Å². The summed E-state index contributed by atoms with van der Waals surface area (Å²) in [6, 6.07) is 16.9. The van der Waals surface area contributed by atoms with Crippen molar-refractivity contribution in [1.29, 1.82) is 0 Å². The van der Waals surface area contributed by atoms with Gasteiger partial charge in [-0.25, -0.2) is 4.90 Å². The number of furan rings is 1. The minimum absolute atomic E-state index is 0.0716. The van der Waals surface area contributed by atoms with Gasteiger partial charge < -0.3 is 9.32 Å². The first-order valence-electron chi connectivity index (χ1n) is 10.9. The molecule has 3 aromatic rings. The van der Waals surface area contributed by atoms with Crippen molar-refractivity contribution in [3.8, 4) is 0 Å². The van der Waals surface area contributed by atoms with Crippen molar-refractivity contribution in [2.45, 2.75) is 45.2 Å². The molecule has 7 heteroatoms. The standard InChI is InChI=1S/C26H25ClN2O4/c1-17(2)19-7-11-21(12-8-19)29-25(31)15-23(26(29)32)28(16-22-4-3-13-33-22)24(30)14-18-5-9-20(27)10-6-18/h3-13,17,23H,14-16H2,1-2H3. The number of benzene rings is 2. The molecule has 0 N–H and O–H groups in total. The van der Waals surface area contributed by atoms with E-state index in [1.54, 1.807) is 48.5 Å². The first-order valence-corrected chi connectivity index (χ1v) is 11.2. The number of nitrogens with zero attached hydrogens (tertiary/aromatic N) is 2. The summed E-state index contributed by atoms with van der Waals surface area (Å²) in [5.41, 5.74) is 2.40. The van der Waals surface area contributed by atoms with Gasteiger partial charge in [-0.15, -0.1) is 0 Å². The minimum Gasteiger partial charge on any atom is -0.467 e. The second kappa shape index (κ2) is 9.63. The number of hydrogen-bond donors (Lipinski definition) is 0. The van der Waals surface area contributed by atoms with Crippen LogP contribution in [0.2, 0.25) is 5.02 Å². The number of anilines is 1. The third kappa shape index (κ3) is 5.01. The molecule has 2 aromatic carbocycles. The van der Waals surface area contributed by atoms with E-state index < -0.39 is 11.9 Å². The largest absolute Gasteiger partial charge is 0.467 e. The van der Waals surface area contributed by atoms with Crippen LogP contribution in [0.5, 0.6) is 0 Å². The SMILES string of the molecule is CC(C)c1ccc(N2C(=O)CC(N(Cc3ccco3)C(=O)Cc3ccc(Cl)cc3)C2=O)cc1. The van der Waals surface area contributed by atoms with Gasteiger partial charge in [-0.2, -0.15) is 0 Å². The van der Waals surface area contributed by atoms with Crippen LogP contribution in [-0.2, 0) is 27.3 Å². The molecule has 2 heterocycles. The first-order chi connectivity index (χ1) is 15.8. The van der Waals surface area contributed by atoms with Gasteiger partial charge >= 0.3 is 0 Å². The molecule has 1 atom stereocenters. The van der Waals surface area contributed by atoms with Crippen molar-refractivity contribution in [1.82, 2.24) is 4.90 Å². The second-order valence-electron chi connectivity index (χ2n) is 8.44. The van der Waals surface area contributed by atoms with Crippen molar-refractivity contribution in [2.24, 2.45) is 0 Å². The summed E-state index contributed by atoms with van der Waals surface area (Å²) < 4.78 is 5.43. The molecule has 33 heavy (non-hydrogen) atoms. The van der Waals surface area contributed by atoms with Gasteiger partial charge in [0.15, 0.2) is 0 Å².